The second-order valence-corrected chi connectivity index (χ2v) is 5.96. The maximum absolute atomic E-state index is 11.0. The molecule has 0 spiro atoms. The summed E-state index contributed by atoms with van der Waals surface area (Å²) in [6, 6.07) is 5.14. The molecular weight excluding hydrogens is 238 g/mol. The van der Waals surface area contributed by atoms with Crippen LogP contribution in [0.5, 0.6) is 0 Å². The van der Waals surface area contributed by atoms with Crippen molar-refractivity contribution in [3.63, 3.8) is 0 Å². The van der Waals surface area contributed by atoms with E-state index in [2.05, 4.69) is 4.98 Å². The number of hydrogen-bond donors (Lipinski definition) is 0. The molecule has 0 aliphatic rings. The highest BCUT2D eigenvalue weighted by atomic mass is 35.7. The summed E-state index contributed by atoms with van der Waals surface area (Å²) < 4.78 is 27.2. The molecule has 0 aliphatic heterocycles. The van der Waals surface area contributed by atoms with Crippen LogP contribution in [0.1, 0.15) is 11.5 Å². The number of para-hydroxylation sites is 1. The van der Waals surface area contributed by atoms with Crippen LogP contribution >= 0.6 is 10.7 Å². The SMILES string of the molecule is Cc1nc2cccc(CS(=O)(=O)Cl)c2o1. The number of aryl methyl sites for hydroxylation is 1. The van der Waals surface area contributed by atoms with Gasteiger partial charge in [-0.3, -0.25) is 0 Å². The van der Waals surface area contributed by atoms with Crippen molar-refractivity contribution in [3.8, 4) is 0 Å². The molecule has 0 bridgehead atoms. The number of rotatable bonds is 2. The van der Waals surface area contributed by atoms with Gasteiger partial charge in [0.2, 0.25) is 9.05 Å². The van der Waals surface area contributed by atoms with Crippen molar-refractivity contribution in [1.82, 2.24) is 4.98 Å². The van der Waals surface area contributed by atoms with Crippen molar-refractivity contribution in [2.45, 2.75) is 12.7 Å². The fraction of sp³-hybridized carbons (Fsp3) is 0.222. The second kappa shape index (κ2) is 3.50. The average molecular weight is 246 g/mol. The summed E-state index contributed by atoms with van der Waals surface area (Å²) in [4.78, 5) is 4.10. The number of nitrogens with zero attached hydrogens (tertiary/aromatic N) is 1. The third-order valence-corrected chi connectivity index (χ3v) is 2.91. The summed E-state index contributed by atoms with van der Waals surface area (Å²) in [5.41, 5.74) is 1.66. The van der Waals surface area contributed by atoms with Gasteiger partial charge in [0.1, 0.15) is 5.52 Å². The second-order valence-electron chi connectivity index (χ2n) is 3.18. The van der Waals surface area contributed by atoms with Crippen LogP contribution in [-0.2, 0) is 14.8 Å². The summed E-state index contributed by atoms with van der Waals surface area (Å²) in [7, 11) is 1.61. The van der Waals surface area contributed by atoms with Crippen LogP contribution in [0.25, 0.3) is 11.1 Å². The minimum absolute atomic E-state index is 0.249. The molecule has 15 heavy (non-hydrogen) atoms. The molecule has 2 aromatic rings. The predicted octanol–water partition coefficient (Wildman–Crippen LogP) is 2.20. The molecule has 2 rings (SSSR count). The fourth-order valence-electron chi connectivity index (χ4n) is 1.42. The molecule has 0 radical (unpaired) electrons. The summed E-state index contributed by atoms with van der Waals surface area (Å²) >= 11 is 0. The Morgan fingerprint density at radius 1 is 1.47 bits per heavy atom. The van der Waals surface area contributed by atoms with Gasteiger partial charge in [0.25, 0.3) is 0 Å². The number of benzene rings is 1. The molecule has 0 unspecified atom stereocenters. The van der Waals surface area contributed by atoms with Gasteiger partial charge in [-0.2, -0.15) is 0 Å². The van der Waals surface area contributed by atoms with Crippen molar-refractivity contribution in [3.05, 3.63) is 29.7 Å². The summed E-state index contributed by atoms with van der Waals surface area (Å²) in [6.45, 7) is 1.71. The Balaban J connectivity index is 2.60. The first-order chi connectivity index (χ1) is 6.96. The van der Waals surface area contributed by atoms with Crippen LogP contribution < -0.4 is 0 Å². The highest BCUT2D eigenvalue weighted by Crippen LogP contribution is 2.22. The van der Waals surface area contributed by atoms with Crippen molar-refractivity contribution >= 4 is 30.8 Å². The molecule has 80 valence electrons. The molecule has 0 fully saturated rings. The van der Waals surface area contributed by atoms with Crippen LogP contribution in [0, 0.1) is 6.92 Å². The van der Waals surface area contributed by atoms with Gasteiger partial charge >= 0.3 is 0 Å². The van der Waals surface area contributed by atoms with Gasteiger partial charge in [-0.05, 0) is 6.07 Å². The van der Waals surface area contributed by atoms with Crippen molar-refractivity contribution < 1.29 is 12.8 Å². The number of hydrogen-bond acceptors (Lipinski definition) is 4. The quantitative estimate of drug-likeness (QED) is 0.761. The Labute approximate surface area is 91.3 Å². The first kappa shape index (κ1) is 10.4. The summed E-state index contributed by atoms with van der Waals surface area (Å²) in [5, 5.41) is 0. The van der Waals surface area contributed by atoms with Crippen LogP contribution in [0.3, 0.4) is 0 Å². The Bertz CT molecular complexity index is 603. The van der Waals surface area contributed by atoms with E-state index in [0.29, 0.717) is 22.6 Å². The van der Waals surface area contributed by atoms with E-state index in [9.17, 15) is 8.42 Å². The predicted molar refractivity (Wildman–Crippen MR) is 57.2 cm³/mol. The molecule has 4 nitrogen and oxygen atoms in total. The smallest absolute Gasteiger partial charge is 0.236 e. The Morgan fingerprint density at radius 2 is 2.20 bits per heavy atom. The monoisotopic (exact) mass is 245 g/mol. The van der Waals surface area contributed by atoms with Gasteiger partial charge in [0, 0.05) is 23.2 Å². The Hall–Kier alpha value is -1.07. The van der Waals surface area contributed by atoms with Crippen LogP contribution in [-0.4, -0.2) is 13.4 Å². The lowest BCUT2D eigenvalue weighted by Gasteiger charge is -1.97. The van der Waals surface area contributed by atoms with E-state index in [1.54, 1.807) is 25.1 Å². The van der Waals surface area contributed by atoms with Crippen molar-refractivity contribution in [1.29, 1.82) is 0 Å². The van der Waals surface area contributed by atoms with Gasteiger partial charge in [0.15, 0.2) is 11.5 Å². The third kappa shape index (κ3) is 2.30. The minimum Gasteiger partial charge on any atom is -0.441 e. The molecule has 1 heterocycles. The molecule has 0 saturated heterocycles. The zero-order valence-electron chi connectivity index (χ0n) is 7.90. The number of aromatic nitrogens is 1. The van der Waals surface area contributed by atoms with Gasteiger partial charge in [-0.15, -0.1) is 0 Å². The maximum Gasteiger partial charge on any atom is 0.236 e. The lowest BCUT2D eigenvalue weighted by Crippen LogP contribution is -1.95. The molecule has 0 atom stereocenters. The van der Waals surface area contributed by atoms with Gasteiger partial charge in [-0.25, -0.2) is 13.4 Å². The standard InChI is InChI=1S/C9H8ClNO3S/c1-6-11-8-4-2-3-7(9(8)14-6)5-15(10,12)13/h2-4H,5H2,1H3. The van der Waals surface area contributed by atoms with Crippen molar-refractivity contribution in [2.75, 3.05) is 0 Å². The van der Waals surface area contributed by atoms with Crippen LogP contribution in [0.2, 0.25) is 0 Å². The van der Waals surface area contributed by atoms with E-state index in [1.807, 2.05) is 0 Å². The molecule has 0 aliphatic carbocycles. The summed E-state index contributed by atoms with van der Waals surface area (Å²) in [5.74, 6) is 0.255. The van der Waals surface area contributed by atoms with E-state index < -0.39 is 9.05 Å². The minimum atomic E-state index is -3.57. The highest BCUT2D eigenvalue weighted by Gasteiger charge is 2.13. The van der Waals surface area contributed by atoms with E-state index in [0.717, 1.165) is 0 Å². The van der Waals surface area contributed by atoms with E-state index in [-0.39, 0.29) is 5.75 Å². The Morgan fingerprint density at radius 3 is 2.87 bits per heavy atom. The van der Waals surface area contributed by atoms with Crippen LogP contribution in [0.15, 0.2) is 22.6 Å². The average Bonchev–Trinajstić information content (AvgIpc) is 2.43. The lowest BCUT2D eigenvalue weighted by molar-refractivity contribution is 0.558. The maximum atomic E-state index is 11.0. The number of halogens is 1. The molecular formula is C9H8ClNO3S. The molecule has 0 amide bonds. The highest BCUT2D eigenvalue weighted by molar-refractivity contribution is 8.13. The third-order valence-electron chi connectivity index (χ3n) is 1.93. The molecule has 1 aromatic carbocycles. The van der Waals surface area contributed by atoms with Gasteiger partial charge < -0.3 is 4.42 Å². The largest absolute Gasteiger partial charge is 0.441 e. The molecule has 0 N–H and O–H groups in total. The van der Waals surface area contributed by atoms with Crippen molar-refractivity contribution in [2.24, 2.45) is 0 Å². The first-order valence-electron chi connectivity index (χ1n) is 4.23. The normalized spacial score (nSPS) is 12.1. The summed E-state index contributed by atoms with van der Waals surface area (Å²) in [6.07, 6.45) is 0. The zero-order chi connectivity index (χ0) is 11.1. The molecule has 0 saturated carbocycles. The Kier molecular flexibility index (Phi) is 2.44. The number of fused-ring (bicyclic) bond motifs is 1. The van der Waals surface area contributed by atoms with E-state index in [4.69, 9.17) is 15.1 Å². The topological polar surface area (TPSA) is 60.2 Å². The van der Waals surface area contributed by atoms with E-state index in [1.165, 1.54) is 0 Å². The number of oxazole rings is 1. The zero-order valence-corrected chi connectivity index (χ0v) is 9.47. The van der Waals surface area contributed by atoms with E-state index >= 15 is 0 Å². The van der Waals surface area contributed by atoms with Crippen LogP contribution in [0.4, 0.5) is 0 Å². The molecule has 1 aromatic heterocycles. The van der Waals surface area contributed by atoms with Gasteiger partial charge in [-0.1, -0.05) is 12.1 Å². The first-order valence-corrected chi connectivity index (χ1v) is 6.71. The fourth-order valence-corrected chi connectivity index (χ4v) is 2.37. The van der Waals surface area contributed by atoms with Gasteiger partial charge in [0.05, 0.1) is 5.75 Å². The lowest BCUT2D eigenvalue weighted by atomic mass is 10.2. The molecule has 6 heteroatoms.